The second-order valence-corrected chi connectivity index (χ2v) is 7.80. The van der Waals surface area contributed by atoms with Gasteiger partial charge in [0.25, 0.3) is 5.69 Å². The molecule has 29 heavy (non-hydrogen) atoms. The third-order valence-corrected chi connectivity index (χ3v) is 5.84. The second-order valence-electron chi connectivity index (χ2n) is 7.80. The number of para-hydroxylation sites is 1. The Bertz CT molecular complexity index is 1020. The summed E-state index contributed by atoms with van der Waals surface area (Å²) in [6, 6.07) is 14.8. The van der Waals surface area contributed by atoms with Gasteiger partial charge in [0, 0.05) is 47.6 Å². The molecule has 0 saturated heterocycles. The highest BCUT2D eigenvalue weighted by molar-refractivity contribution is 5.86. The van der Waals surface area contributed by atoms with Crippen molar-refractivity contribution in [2.45, 2.75) is 50.5 Å². The smallest absolute Gasteiger partial charge is 0.269 e. The van der Waals surface area contributed by atoms with Gasteiger partial charge in [0.1, 0.15) is 0 Å². The summed E-state index contributed by atoms with van der Waals surface area (Å²) in [5.74, 6) is -0.256. The average molecular weight is 391 g/mol. The molecule has 3 aromatic rings. The maximum Gasteiger partial charge on any atom is 0.269 e. The van der Waals surface area contributed by atoms with Gasteiger partial charge in [-0.25, -0.2) is 0 Å². The topological polar surface area (TPSA) is 88.0 Å². The molecule has 0 radical (unpaired) electrons. The summed E-state index contributed by atoms with van der Waals surface area (Å²) in [4.78, 5) is 27.0. The van der Waals surface area contributed by atoms with E-state index < -0.39 is 4.92 Å². The van der Waals surface area contributed by atoms with Gasteiger partial charge in [-0.3, -0.25) is 14.9 Å². The van der Waals surface area contributed by atoms with Crippen LogP contribution in [0.15, 0.2) is 54.7 Å². The first kappa shape index (κ1) is 19.2. The standard InChI is InChI=1S/C23H25N3O3/c27-23(25-17-8-2-1-3-9-17)14-20(16-7-6-10-18(13-16)26(28)29)21-15-24-22-12-5-4-11-19(21)22/h4-7,10-13,15,17,20,24H,1-3,8-9,14H2,(H,25,27)/t20-/m1/s1. The number of non-ortho nitro benzene ring substituents is 1. The van der Waals surface area contributed by atoms with Crippen LogP contribution in [0.25, 0.3) is 10.9 Å². The number of nitro benzene ring substituents is 1. The number of hydrogen-bond acceptors (Lipinski definition) is 3. The third kappa shape index (κ3) is 4.31. The van der Waals surface area contributed by atoms with Gasteiger partial charge in [-0.15, -0.1) is 0 Å². The largest absolute Gasteiger partial charge is 0.361 e. The van der Waals surface area contributed by atoms with Crippen LogP contribution in [0.1, 0.15) is 55.6 Å². The highest BCUT2D eigenvalue weighted by Gasteiger charge is 2.24. The number of carbonyl (C=O) groups is 1. The molecule has 1 saturated carbocycles. The molecule has 0 aliphatic heterocycles. The molecule has 1 atom stereocenters. The van der Waals surface area contributed by atoms with Gasteiger partial charge < -0.3 is 10.3 Å². The van der Waals surface area contributed by atoms with Gasteiger partial charge in [-0.1, -0.05) is 49.6 Å². The third-order valence-electron chi connectivity index (χ3n) is 5.84. The van der Waals surface area contributed by atoms with Crippen molar-refractivity contribution < 1.29 is 9.72 Å². The lowest BCUT2D eigenvalue weighted by Gasteiger charge is -2.24. The van der Waals surface area contributed by atoms with E-state index in [4.69, 9.17) is 0 Å². The highest BCUT2D eigenvalue weighted by Crippen LogP contribution is 2.35. The molecule has 0 unspecified atom stereocenters. The lowest BCUT2D eigenvalue weighted by molar-refractivity contribution is -0.384. The van der Waals surface area contributed by atoms with Crippen molar-refractivity contribution in [3.05, 3.63) is 76.0 Å². The van der Waals surface area contributed by atoms with E-state index in [1.807, 2.05) is 36.5 Å². The zero-order valence-corrected chi connectivity index (χ0v) is 16.3. The van der Waals surface area contributed by atoms with Crippen LogP contribution >= 0.6 is 0 Å². The molecule has 6 nitrogen and oxygen atoms in total. The fourth-order valence-electron chi connectivity index (χ4n) is 4.36. The molecule has 1 fully saturated rings. The number of amides is 1. The van der Waals surface area contributed by atoms with Gasteiger partial charge in [0.2, 0.25) is 5.91 Å². The number of rotatable bonds is 6. The Balaban J connectivity index is 1.66. The molecule has 1 amide bonds. The van der Waals surface area contributed by atoms with E-state index in [0.717, 1.165) is 47.7 Å². The number of hydrogen-bond donors (Lipinski definition) is 2. The van der Waals surface area contributed by atoms with Crippen molar-refractivity contribution in [1.29, 1.82) is 0 Å². The second kappa shape index (κ2) is 8.47. The van der Waals surface area contributed by atoms with E-state index in [-0.39, 0.29) is 30.0 Å². The van der Waals surface area contributed by atoms with Crippen LogP contribution in [0.2, 0.25) is 0 Å². The Labute approximate surface area is 169 Å². The molecule has 1 aliphatic rings. The van der Waals surface area contributed by atoms with E-state index >= 15 is 0 Å². The molecule has 0 spiro atoms. The van der Waals surface area contributed by atoms with Gasteiger partial charge in [-0.2, -0.15) is 0 Å². The molecule has 1 heterocycles. The molecule has 2 aromatic carbocycles. The van der Waals surface area contributed by atoms with E-state index in [0.29, 0.717) is 0 Å². The minimum absolute atomic E-state index is 0.00122. The van der Waals surface area contributed by atoms with Gasteiger partial charge in [0.15, 0.2) is 0 Å². The molecule has 4 rings (SSSR count). The number of benzene rings is 2. The quantitative estimate of drug-likeness (QED) is 0.455. The number of aromatic nitrogens is 1. The predicted molar refractivity (Wildman–Crippen MR) is 113 cm³/mol. The summed E-state index contributed by atoms with van der Waals surface area (Å²) in [7, 11) is 0. The lowest BCUT2D eigenvalue weighted by Crippen LogP contribution is -2.36. The van der Waals surface area contributed by atoms with Crippen molar-refractivity contribution in [2.24, 2.45) is 0 Å². The minimum atomic E-state index is -0.391. The summed E-state index contributed by atoms with van der Waals surface area (Å²) in [5, 5.41) is 15.5. The summed E-state index contributed by atoms with van der Waals surface area (Å²) in [6.45, 7) is 0. The Kier molecular flexibility index (Phi) is 5.60. The maximum absolute atomic E-state index is 12.9. The number of nitrogens with zero attached hydrogens (tertiary/aromatic N) is 1. The molecule has 1 aromatic heterocycles. The SMILES string of the molecule is O=C(C[C@H](c1cccc([N+](=O)[O-])c1)c1c[nH]c2ccccc12)NC1CCCCC1. The fourth-order valence-corrected chi connectivity index (χ4v) is 4.36. The molecule has 6 heteroatoms. The minimum Gasteiger partial charge on any atom is -0.361 e. The van der Waals surface area contributed by atoms with Crippen molar-refractivity contribution in [3.63, 3.8) is 0 Å². The van der Waals surface area contributed by atoms with E-state index in [2.05, 4.69) is 10.3 Å². The first-order valence-electron chi connectivity index (χ1n) is 10.2. The monoisotopic (exact) mass is 391 g/mol. The average Bonchev–Trinajstić information content (AvgIpc) is 3.17. The van der Waals surface area contributed by atoms with E-state index in [1.54, 1.807) is 12.1 Å². The lowest BCUT2D eigenvalue weighted by atomic mass is 9.87. The molecule has 2 N–H and O–H groups in total. The zero-order valence-electron chi connectivity index (χ0n) is 16.3. The molecular formula is C23H25N3O3. The van der Waals surface area contributed by atoms with Crippen molar-refractivity contribution in [2.75, 3.05) is 0 Å². The Hall–Kier alpha value is -3.15. The van der Waals surface area contributed by atoms with Crippen LogP contribution in [-0.2, 0) is 4.79 Å². The number of nitro groups is 1. The van der Waals surface area contributed by atoms with Crippen molar-refractivity contribution >= 4 is 22.5 Å². The van der Waals surface area contributed by atoms with Crippen LogP contribution < -0.4 is 5.32 Å². The Morgan fingerprint density at radius 3 is 2.72 bits per heavy atom. The summed E-state index contributed by atoms with van der Waals surface area (Å²) < 4.78 is 0. The summed E-state index contributed by atoms with van der Waals surface area (Å²) in [5.41, 5.74) is 2.80. The number of nitrogens with one attached hydrogen (secondary N) is 2. The molecule has 0 bridgehead atoms. The molecule has 150 valence electrons. The highest BCUT2D eigenvalue weighted by atomic mass is 16.6. The number of H-pyrrole nitrogens is 1. The van der Waals surface area contributed by atoms with Crippen LogP contribution in [0.4, 0.5) is 5.69 Å². The first-order valence-corrected chi connectivity index (χ1v) is 10.2. The van der Waals surface area contributed by atoms with Crippen LogP contribution in [0, 0.1) is 10.1 Å². The summed E-state index contributed by atoms with van der Waals surface area (Å²) >= 11 is 0. The van der Waals surface area contributed by atoms with E-state index in [9.17, 15) is 14.9 Å². The normalized spacial score (nSPS) is 15.9. The summed E-state index contributed by atoms with van der Waals surface area (Å²) in [6.07, 6.45) is 7.78. The number of carbonyl (C=O) groups excluding carboxylic acids is 1. The van der Waals surface area contributed by atoms with Crippen LogP contribution in [0.3, 0.4) is 0 Å². The van der Waals surface area contributed by atoms with Gasteiger partial charge >= 0.3 is 0 Å². The van der Waals surface area contributed by atoms with Gasteiger partial charge in [-0.05, 0) is 30.0 Å². The molecular weight excluding hydrogens is 366 g/mol. The van der Waals surface area contributed by atoms with Crippen LogP contribution in [-0.4, -0.2) is 21.9 Å². The molecule has 1 aliphatic carbocycles. The number of fused-ring (bicyclic) bond motifs is 1. The van der Waals surface area contributed by atoms with E-state index in [1.165, 1.54) is 12.5 Å². The first-order chi connectivity index (χ1) is 14.1. The maximum atomic E-state index is 12.9. The predicted octanol–water partition coefficient (Wildman–Crippen LogP) is 5.05. The van der Waals surface area contributed by atoms with Crippen molar-refractivity contribution in [1.82, 2.24) is 10.3 Å². The van der Waals surface area contributed by atoms with Crippen molar-refractivity contribution in [3.8, 4) is 0 Å². The Morgan fingerprint density at radius 2 is 1.93 bits per heavy atom. The zero-order chi connectivity index (χ0) is 20.2. The van der Waals surface area contributed by atoms with Crippen LogP contribution in [0.5, 0.6) is 0 Å². The van der Waals surface area contributed by atoms with Gasteiger partial charge in [0.05, 0.1) is 4.92 Å². The fraction of sp³-hybridized carbons (Fsp3) is 0.348. The Morgan fingerprint density at radius 1 is 1.14 bits per heavy atom. The number of aromatic amines is 1.